The van der Waals surface area contributed by atoms with Crippen LogP contribution in [0, 0.1) is 0 Å². The smallest absolute Gasteiger partial charge is 0.0254 e. The third-order valence-electron chi connectivity index (χ3n) is 5.04. The summed E-state index contributed by atoms with van der Waals surface area (Å²) in [7, 11) is 0. The summed E-state index contributed by atoms with van der Waals surface area (Å²) in [5.74, 6) is 1.06. The first-order valence-corrected chi connectivity index (χ1v) is 9.18. The van der Waals surface area contributed by atoms with Crippen molar-refractivity contribution in [3.63, 3.8) is 0 Å². The van der Waals surface area contributed by atoms with Crippen molar-refractivity contribution in [3.05, 3.63) is 58.1 Å². The number of hydrogen-bond acceptors (Lipinski definition) is 0. The van der Waals surface area contributed by atoms with E-state index in [1.165, 1.54) is 47.9 Å². The summed E-state index contributed by atoms with van der Waals surface area (Å²) >= 11 is 3.74. The minimum atomic E-state index is 0.528. The molecule has 0 aliphatic heterocycles. The van der Waals surface area contributed by atoms with Gasteiger partial charge in [0.15, 0.2) is 0 Å². The lowest BCUT2D eigenvalue weighted by atomic mass is 9.84. The van der Waals surface area contributed by atoms with Crippen molar-refractivity contribution < 1.29 is 0 Å². The molecule has 4 rings (SSSR count). The summed E-state index contributed by atoms with van der Waals surface area (Å²) in [4.78, 5) is 0. The lowest BCUT2D eigenvalue weighted by Crippen LogP contribution is -1.98. The molecule has 0 amide bonds. The molecule has 0 saturated carbocycles. The van der Waals surface area contributed by atoms with E-state index in [4.69, 9.17) is 0 Å². The fourth-order valence-corrected chi connectivity index (χ4v) is 4.33. The average molecular weight is 365 g/mol. The van der Waals surface area contributed by atoms with Gasteiger partial charge in [-0.25, -0.2) is 0 Å². The Morgan fingerprint density at radius 2 is 1.17 bits per heavy atom. The van der Waals surface area contributed by atoms with Crippen LogP contribution in [0.15, 0.2) is 46.9 Å². The van der Waals surface area contributed by atoms with Gasteiger partial charge in [0.2, 0.25) is 0 Å². The van der Waals surface area contributed by atoms with Gasteiger partial charge < -0.3 is 0 Å². The summed E-state index contributed by atoms with van der Waals surface area (Å²) in [6.45, 7) is 9.19. The van der Waals surface area contributed by atoms with Gasteiger partial charge in [0.05, 0.1) is 0 Å². The zero-order chi connectivity index (χ0) is 16.3. The predicted molar refractivity (Wildman–Crippen MR) is 106 cm³/mol. The number of rotatable bonds is 2. The quantitative estimate of drug-likeness (QED) is 0.321. The monoisotopic (exact) mass is 364 g/mol. The van der Waals surface area contributed by atoms with Crippen LogP contribution < -0.4 is 0 Å². The van der Waals surface area contributed by atoms with E-state index in [-0.39, 0.29) is 0 Å². The van der Waals surface area contributed by atoms with E-state index in [9.17, 15) is 0 Å². The summed E-state index contributed by atoms with van der Waals surface area (Å²) in [6, 6.07) is 16.0. The van der Waals surface area contributed by atoms with Crippen LogP contribution in [-0.2, 0) is 0 Å². The first kappa shape index (κ1) is 15.0. The Balaban J connectivity index is 2.34. The Labute approximate surface area is 146 Å². The lowest BCUT2D eigenvalue weighted by molar-refractivity contribution is 0.847. The van der Waals surface area contributed by atoms with Crippen LogP contribution in [-0.4, -0.2) is 0 Å². The molecular weight excluding hydrogens is 344 g/mol. The number of halogens is 1. The number of hydrogen-bond donors (Lipinski definition) is 0. The Hall–Kier alpha value is -1.60. The SMILES string of the molecule is CC(C)c1cc(C(C)C)c2ccc3c(Br)ccc4ccc1c2c43. The van der Waals surface area contributed by atoms with Gasteiger partial charge in [-0.3, -0.25) is 0 Å². The molecule has 0 unspecified atom stereocenters. The van der Waals surface area contributed by atoms with Gasteiger partial charge in [-0.1, -0.05) is 80.0 Å². The maximum atomic E-state index is 3.74. The molecule has 0 aliphatic carbocycles. The van der Waals surface area contributed by atoms with E-state index < -0.39 is 0 Å². The van der Waals surface area contributed by atoms with Crippen molar-refractivity contribution in [2.75, 3.05) is 0 Å². The average Bonchev–Trinajstić information content (AvgIpc) is 2.53. The molecule has 0 nitrogen and oxygen atoms in total. The van der Waals surface area contributed by atoms with Crippen LogP contribution in [0.5, 0.6) is 0 Å². The standard InChI is InChI=1S/C22H21Br/c1-12(2)18-11-19(13(3)4)16-8-9-17-20(23)10-6-14-5-7-15(18)22(16)21(14)17/h5-13H,1-4H3. The Morgan fingerprint density at radius 1 is 0.652 bits per heavy atom. The maximum Gasteiger partial charge on any atom is 0.0254 e. The molecule has 0 aromatic heterocycles. The highest BCUT2D eigenvalue weighted by Crippen LogP contribution is 2.42. The van der Waals surface area contributed by atoms with Crippen molar-refractivity contribution in [1.29, 1.82) is 0 Å². The molecule has 0 heterocycles. The van der Waals surface area contributed by atoms with Crippen LogP contribution >= 0.6 is 15.9 Å². The highest BCUT2D eigenvalue weighted by atomic mass is 79.9. The molecule has 0 bridgehead atoms. The minimum absolute atomic E-state index is 0.528. The summed E-state index contributed by atoms with van der Waals surface area (Å²) in [5.41, 5.74) is 2.94. The molecule has 0 N–H and O–H groups in total. The molecule has 0 saturated heterocycles. The second kappa shape index (κ2) is 5.21. The van der Waals surface area contributed by atoms with Gasteiger partial charge in [-0.2, -0.15) is 0 Å². The van der Waals surface area contributed by atoms with E-state index in [0.29, 0.717) is 11.8 Å². The second-order valence-electron chi connectivity index (χ2n) is 7.16. The number of benzene rings is 4. The van der Waals surface area contributed by atoms with Crippen LogP contribution in [0.3, 0.4) is 0 Å². The molecule has 0 radical (unpaired) electrons. The zero-order valence-electron chi connectivity index (χ0n) is 14.1. The van der Waals surface area contributed by atoms with Crippen LogP contribution in [0.2, 0.25) is 0 Å². The van der Waals surface area contributed by atoms with Crippen LogP contribution in [0.25, 0.3) is 32.3 Å². The largest absolute Gasteiger partial charge is 0.0587 e. The van der Waals surface area contributed by atoms with E-state index in [1.54, 1.807) is 0 Å². The first-order valence-electron chi connectivity index (χ1n) is 8.39. The molecule has 4 aromatic carbocycles. The minimum Gasteiger partial charge on any atom is -0.0587 e. The third kappa shape index (κ3) is 2.10. The Bertz CT molecular complexity index is 997. The van der Waals surface area contributed by atoms with E-state index in [2.05, 4.69) is 86.1 Å². The summed E-state index contributed by atoms with van der Waals surface area (Å²) < 4.78 is 1.18. The topological polar surface area (TPSA) is 0 Å². The maximum absolute atomic E-state index is 3.74. The molecule has 0 fully saturated rings. The van der Waals surface area contributed by atoms with Gasteiger partial charge in [0, 0.05) is 4.47 Å². The molecule has 116 valence electrons. The van der Waals surface area contributed by atoms with E-state index in [0.717, 1.165) is 0 Å². The molecule has 4 aromatic rings. The molecule has 0 spiro atoms. The first-order chi connectivity index (χ1) is 11.0. The summed E-state index contributed by atoms with van der Waals surface area (Å²) in [5, 5.41) is 8.31. The van der Waals surface area contributed by atoms with Crippen molar-refractivity contribution in [2.45, 2.75) is 39.5 Å². The molecule has 0 atom stereocenters. The highest BCUT2D eigenvalue weighted by molar-refractivity contribution is 9.10. The fourth-order valence-electron chi connectivity index (χ4n) is 3.87. The molecular formula is C22H21Br. The van der Waals surface area contributed by atoms with Crippen LogP contribution in [0.1, 0.15) is 50.7 Å². The summed E-state index contributed by atoms with van der Waals surface area (Å²) in [6.07, 6.45) is 0. The van der Waals surface area contributed by atoms with Gasteiger partial charge >= 0.3 is 0 Å². The Morgan fingerprint density at radius 3 is 1.78 bits per heavy atom. The second-order valence-corrected chi connectivity index (χ2v) is 8.01. The van der Waals surface area contributed by atoms with Crippen LogP contribution in [0.4, 0.5) is 0 Å². The fraction of sp³-hybridized carbons (Fsp3) is 0.273. The zero-order valence-corrected chi connectivity index (χ0v) is 15.7. The van der Waals surface area contributed by atoms with Gasteiger partial charge in [0.25, 0.3) is 0 Å². The van der Waals surface area contributed by atoms with Gasteiger partial charge in [-0.15, -0.1) is 0 Å². The molecule has 1 heteroatoms. The van der Waals surface area contributed by atoms with E-state index >= 15 is 0 Å². The Kier molecular flexibility index (Phi) is 3.39. The van der Waals surface area contributed by atoms with Crippen molar-refractivity contribution >= 4 is 48.2 Å². The van der Waals surface area contributed by atoms with Crippen molar-refractivity contribution in [2.24, 2.45) is 0 Å². The molecule has 0 aliphatic rings. The van der Waals surface area contributed by atoms with Crippen molar-refractivity contribution in [3.8, 4) is 0 Å². The third-order valence-corrected chi connectivity index (χ3v) is 5.73. The highest BCUT2D eigenvalue weighted by Gasteiger charge is 2.17. The normalized spacial score (nSPS) is 12.5. The van der Waals surface area contributed by atoms with Gasteiger partial charge in [0.1, 0.15) is 0 Å². The lowest BCUT2D eigenvalue weighted by Gasteiger charge is -2.21. The predicted octanol–water partition coefficient (Wildman–Crippen LogP) is 7.59. The van der Waals surface area contributed by atoms with Gasteiger partial charge in [-0.05, 0) is 61.3 Å². The molecule has 23 heavy (non-hydrogen) atoms. The van der Waals surface area contributed by atoms with E-state index in [1.807, 2.05) is 0 Å². The van der Waals surface area contributed by atoms with Crippen molar-refractivity contribution in [1.82, 2.24) is 0 Å².